The van der Waals surface area contributed by atoms with E-state index in [0.29, 0.717) is 54.7 Å². The highest BCUT2D eigenvalue weighted by atomic mass is 19.2. The van der Waals surface area contributed by atoms with Crippen molar-refractivity contribution in [1.29, 1.82) is 0 Å². The van der Waals surface area contributed by atoms with Crippen molar-refractivity contribution in [1.82, 2.24) is 10.3 Å². The summed E-state index contributed by atoms with van der Waals surface area (Å²) in [6.07, 6.45) is 4.16. The van der Waals surface area contributed by atoms with Gasteiger partial charge in [0.25, 0.3) is 0 Å². The summed E-state index contributed by atoms with van der Waals surface area (Å²) >= 11 is 0. The van der Waals surface area contributed by atoms with E-state index in [9.17, 15) is 0 Å². The first-order valence-electron chi connectivity index (χ1n) is 12.5. The number of nitrogens with two attached hydrogens (primary N) is 1. The van der Waals surface area contributed by atoms with Crippen LogP contribution in [0.1, 0.15) is 37.8 Å². The molecular formula is C29H31F3N4. The second kappa shape index (κ2) is 9.52. The molecular weight excluding hydrogens is 461 g/mol. The average molecular weight is 493 g/mol. The average Bonchev–Trinajstić information content (AvgIpc) is 2.86. The molecule has 0 spiro atoms. The summed E-state index contributed by atoms with van der Waals surface area (Å²) in [6.45, 7) is 10.4. The minimum atomic E-state index is -0.940. The van der Waals surface area contributed by atoms with E-state index in [1.54, 1.807) is 24.3 Å². The van der Waals surface area contributed by atoms with Gasteiger partial charge in [-0.1, -0.05) is 20.4 Å². The molecule has 1 atom stereocenters. The lowest BCUT2D eigenvalue weighted by atomic mass is 9.87. The van der Waals surface area contributed by atoms with Gasteiger partial charge in [0, 0.05) is 59.3 Å². The number of nitrogens with one attached hydrogen (secondary N) is 1. The van der Waals surface area contributed by atoms with Gasteiger partial charge in [0.1, 0.15) is 11.6 Å². The van der Waals surface area contributed by atoms with Gasteiger partial charge in [-0.15, -0.1) is 0 Å². The zero-order chi connectivity index (χ0) is 25.6. The maximum absolute atomic E-state index is 15.4. The highest BCUT2D eigenvalue weighted by Gasteiger charge is 2.26. The van der Waals surface area contributed by atoms with Crippen molar-refractivity contribution >= 4 is 17.2 Å². The number of anilines is 2. The number of nitrogens with zero attached hydrogens (tertiary/aromatic N) is 2. The number of aromatic nitrogens is 1. The Bertz CT molecular complexity index is 1330. The van der Waals surface area contributed by atoms with Gasteiger partial charge in [0.2, 0.25) is 0 Å². The number of hydrogen-bond donors (Lipinski definition) is 2. The molecule has 3 heterocycles. The van der Waals surface area contributed by atoms with E-state index >= 15 is 13.2 Å². The van der Waals surface area contributed by atoms with E-state index in [4.69, 9.17) is 5.73 Å². The van der Waals surface area contributed by atoms with Crippen molar-refractivity contribution in [3.05, 3.63) is 71.7 Å². The van der Waals surface area contributed by atoms with E-state index in [0.717, 1.165) is 24.0 Å². The lowest BCUT2D eigenvalue weighted by Gasteiger charge is -2.36. The van der Waals surface area contributed by atoms with Gasteiger partial charge >= 0.3 is 0 Å². The molecule has 0 radical (unpaired) electrons. The third-order valence-corrected chi connectivity index (χ3v) is 7.57. The van der Waals surface area contributed by atoms with Crippen molar-refractivity contribution in [2.45, 2.75) is 33.1 Å². The molecule has 0 bridgehead atoms. The summed E-state index contributed by atoms with van der Waals surface area (Å²) < 4.78 is 45.9. The van der Waals surface area contributed by atoms with Gasteiger partial charge < -0.3 is 16.0 Å². The molecule has 36 heavy (non-hydrogen) atoms. The first kappa shape index (κ1) is 24.2. The summed E-state index contributed by atoms with van der Waals surface area (Å²) in [5.74, 6) is -1.24. The second-order valence-corrected chi connectivity index (χ2v) is 10.2. The molecule has 1 saturated heterocycles. The van der Waals surface area contributed by atoms with Crippen LogP contribution in [0.15, 0.2) is 43.1 Å². The van der Waals surface area contributed by atoms with Crippen molar-refractivity contribution in [2.75, 3.05) is 30.3 Å². The van der Waals surface area contributed by atoms with Crippen LogP contribution in [-0.4, -0.2) is 24.6 Å². The van der Waals surface area contributed by atoms with Crippen LogP contribution in [0.2, 0.25) is 0 Å². The van der Waals surface area contributed by atoms with Gasteiger partial charge in [-0.25, -0.2) is 18.2 Å². The minimum absolute atomic E-state index is 0.0679. The van der Waals surface area contributed by atoms with Gasteiger partial charge in [0.05, 0.1) is 5.69 Å². The SMILES string of the molecule is C=C1NCCc2cc(-c3cc(-c4ccc(N5CCCC(C(C)C)C5)c(F)c4F)cnc3N)c(F)cc21. The quantitative estimate of drug-likeness (QED) is 0.442. The Morgan fingerprint density at radius 1 is 1.06 bits per heavy atom. The number of nitrogen functional groups attached to an aromatic ring is 1. The lowest BCUT2D eigenvalue weighted by Crippen LogP contribution is -2.38. The number of benzene rings is 2. The first-order chi connectivity index (χ1) is 17.2. The number of hydrogen-bond acceptors (Lipinski definition) is 4. The van der Waals surface area contributed by atoms with Crippen LogP contribution in [0.25, 0.3) is 28.0 Å². The van der Waals surface area contributed by atoms with Crippen LogP contribution in [-0.2, 0) is 6.42 Å². The number of pyridine rings is 1. The van der Waals surface area contributed by atoms with E-state index in [1.165, 1.54) is 12.3 Å². The van der Waals surface area contributed by atoms with Gasteiger partial charge in [-0.05, 0) is 67.0 Å². The summed E-state index contributed by atoms with van der Waals surface area (Å²) in [7, 11) is 0. The predicted octanol–water partition coefficient (Wildman–Crippen LogP) is 6.40. The molecule has 5 rings (SSSR count). The molecule has 2 aliphatic rings. The van der Waals surface area contributed by atoms with Crippen molar-refractivity contribution < 1.29 is 13.2 Å². The van der Waals surface area contributed by atoms with Crippen molar-refractivity contribution in [3.63, 3.8) is 0 Å². The Balaban J connectivity index is 1.52. The number of rotatable bonds is 4. The van der Waals surface area contributed by atoms with E-state index in [1.807, 2.05) is 4.90 Å². The summed E-state index contributed by atoms with van der Waals surface area (Å²) in [6, 6.07) is 7.96. The number of fused-ring (bicyclic) bond motifs is 1. The fourth-order valence-electron chi connectivity index (χ4n) is 5.37. The molecule has 4 nitrogen and oxygen atoms in total. The molecule has 1 aromatic heterocycles. The second-order valence-electron chi connectivity index (χ2n) is 10.2. The number of piperidine rings is 1. The first-order valence-corrected chi connectivity index (χ1v) is 12.5. The largest absolute Gasteiger partial charge is 0.385 e. The van der Waals surface area contributed by atoms with Crippen LogP contribution in [0.4, 0.5) is 24.7 Å². The molecule has 188 valence electrons. The number of halogens is 3. The fraction of sp³-hybridized carbons (Fsp3) is 0.345. The minimum Gasteiger partial charge on any atom is -0.385 e. The molecule has 3 N–H and O–H groups in total. The molecule has 7 heteroatoms. The van der Waals surface area contributed by atoms with Crippen LogP contribution in [0.3, 0.4) is 0 Å². The highest BCUT2D eigenvalue weighted by molar-refractivity contribution is 5.82. The topological polar surface area (TPSA) is 54.2 Å². The van der Waals surface area contributed by atoms with Gasteiger partial charge in [-0.3, -0.25) is 0 Å². The third kappa shape index (κ3) is 4.31. The molecule has 0 aliphatic carbocycles. The maximum Gasteiger partial charge on any atom is 0.182 e. The van der Waals surface area contributed by atoms with Crippen LogP contribution in [0.5, 0.6) is 0 Å². The van der Waals surface area contributed by atoms with Gasteiger partial charge in [0.15, 0.2) is 11.6 Å². The Labute approximate surface area is 210 Å². The summed E-state index contributed by atoms with van der Waals surface area (Å²) in [5, 5.41) is 3.14. The molecule has 0 amide bonds. The van der Waals surface area contributed by atoms with Crippen molar-refractivity contribution in [2.24, 2.45) is 11.8 Å². The maximum atomic E-state index is 15.4. The Kier molecular flexibility index (Phi) is 6.41. The van der Waals surface area contributed by atoms with E-state index in [2.05, 4.69) is 30.7 Å². The van der Waals surface area contributed by atoms with Crippen LogP contribution < -0.4 is 16.0 Å². The predicted molar refractivity (Wildman–Crippen MR) is 140 cm³/mol. The van der Waals surface area contributed by atoms with Crippen LogP contribution in [0, 0.1) is 29.3 Å². The Morgan fingerprint density at radius 3 is 2.64 bits per heavy atom. The Morgan fingerprint density at radius 2 is 1.86 bits per heavy atom. The fourth-order valence-corrected chi connectivity index (χ4v) is 5.37. The summed E-state index contributed by atoms with van der Waals surface area (Å²) in [5.41, 5.74) is 9.77. The highest BCUT2D eigenvalue weighted by Crippen LogP contribution is 2.37. The normalized spacial score (nSPS) is 17.8. The smallest absolute Gasteiger partial charge is 0.182 e. The van der Waals surface area contributed by atoms with E-state index in [-0.39, 0.29) is 22.6 Å². The molecule has 2 aliphatic heterocycles. The lowest BCUT2D eigenvalue weighted by molar-refractivity contribution is 0.320. The molecule has 1 unspecified atom stereocenters. The molecule has 2 aromatic carbocycles. The molecule has 3 aromatic rings. The third-order valence-electron chi connectivity index (χ3n) is 7.57. The Hall–Kier alpha value is -3.48. The zero-order valence-electron chi connectivity index (χ0n) is 20.7. The van der Waals surface area contributed by atoms with Gasteiger partial charge in [-0.2, -0.15) is 0 Å². The zero-order valence-corrected chi connectivity index (χ0v) is 20.7. The van der Waals surface area contributed by atoms with Crippen LogP contribution >= 0.6 is 0 Å². The monoisotopic (exact) mass is 492 g/mol. The standard InChI is InChI=1S/C29H31F3N4/c1-16(2)19-5-4-10-36(15-19)26-7-6-21(27(31)28(26)32)20-12-24(29(33)35-14-20)23-11-18-8-9-34-17(3)22(18)13-25(23)30/h6-7,11-14,16,19,34H,3-5,8-10,15H2,1-2H3,(H2,33,35). The van der Waals surface area contributed by atoms with E-state index < -0.39 is 17.5 Å². The molecule has 1 fully saturated rings. The molecule has 0 saturated carbocycles. The van der Waals surface area contributed by atoms with Crippen molar-refractivity contribution in [3.8, 4) is 22.3 Å². The summed E-state index contributed by atoms with van der Waals surface area (Å²) in [4.78, 5) is 6.13.